The third-order valence-electron chi connectivity index (χ3n) is 3.00. The summed E-state index contributed by atoms with van der Waals surface area (Å²) in [5.41, 5.74) is 6.16. The number of esters is 1. The van der Waals surface area contributed by atoms with E-state index < -0.39 is 18.5 Å². The van der Waals surface area contributed by atoms with E-state index in [1.54, 1.807) is 25.1 Å². The number of ether oxygens (including phenoxy) is 1. The Morgan fingerprint density at radius 2 is 2.00 bits per heavy atom. The molecular formula is C15H15ClN4O3. The van der Waals surface area contributed by atoms with Crippen LogP contribution in [0.3, 0.4) is 0 Å². The molecule has 23 heavy (non-hydrogen) atoms. The number of rotatable bonds is 5. The molecule has 0 saturated heterocycles. The second-order valence-electron chi connectivity index (χ2n) is 4.68. The Labute approximate surface area is 137 Å². The van der Waals surface area contributed by atoms with Crippen LogP contribution in [0, 0.1) is 0 Å². The summed E-state index contributed by atoms with van der Waals surface area (Å²) in [6.45, 7) is 1.32. The minimum atomic E-state index is -0.809. The van der Waals surface area contributed by atoms with Crippen LogP contribution < -0.4 is 11.1 Å². The Morgan fingerprint density at radius 1 is 1.30 bits per heavy atom. The van der Waals surface area contributed by atoms with Gasteiger partial charge in [-0.3, -0.25) is 4.79 Å². The number of carbonyl (C=O) groups excluding carboxylic acids is 2. The topological polar surface area (TPSA) is 107 Å². The van der Waals surface area contributed by atoms with Gasteiger partial charge in [-0.25, -0.2) is 14.8 Å². The van der Waals surface area contributed by atoms with Crippen LogP contribution in [0.5, 0.6) is 0 Å². The molecule has 120 valence electrons. The molecular weight excluding hydrogens is 320 g/mol. The molecule has 0 spiro atoms. The number of nitrogen functional groups attached to an aromatic ring is 1. The van der Waals surface area contributed by atoms with Crippen LogP contribution in [-0.2, 0) is 9.53 Å². The highest BCUT2D eigenvalue weighted by Gasteiger charge is 2.17. The SMILES string of the molecule is C[C@@H](NC(=O)COC(=O)c1nccnc1N)c1ccccc1Cl. The zero-order valence-electron chi connectivity index (χ0n) is 12.3. The lowest BCUT2D eigenvalue weighted by Gasteiger charge is -2.15. The van der Waals surface area contributed by atoms with Gasteiger partial charge in [-0.2, -0.15) is 0 Å². The molecule has 0 radical (unpaired) electrons. The quantitative estimate of drug-likeness (QED) is 0.806. The summed E-state index contributed by atoms with van der Waals surface area (Å²) in [6.07, 6.45) is 2.66. The minimum absolute atomic E-state index is 0.0534. The summed E-state index contributed by atoms with van der Waals surface area (Å²) in [4.78, 5) is 31.1. The number of anilines is 1. The first-order valence-corrected chi connectivity index (χ1v) is 7.14. The molecule has 0 saturated carbocycles. The summed E-state index contributed by atoms with van der Waals surface area (Å²) >= 11 is 6.06. The summed E-state index contributed by atoms with van der Waals surface area (Å²) in [5.74, 6) is -1.33. The maximum absolute atomic E-state index is 11.9. The molecule has 1 heterocycles. The maximum atomic E-state index is 11.9. The molecule has 3 N–H and O–H groups in total. The van der Waals surface area contributed by atoms with Crippen molar-refractivity contribution in [3.05, 3.63) is 52.9 Å². The number of halogens is 1. The first kappa shape index (κ1) is 16.7. The number of carbonyl (C=O) groups is 2. The van der Waals surface area contributed by atoms with Gasteiger partial charge in [0.05, 0.1) is 6.04 Å². The first-order valence-electron chi connectivity index (χ1n) is 6.76. The monoisotopic (exact) mass is 334 g/mol. The van der Waals surface area contributed by atoms with Crippen molar-refractivity contribution in [3.63, 3.8) is 0 Å². The average molecular weight is 335 g/mol. The second-order valence-corrected chi connectivity index (χ2v) is 5.08. The van der Waals surface area contributed by atoms with Crippen molar-refractivity contribution in [1.29, 1.82) is 0 Å². The number of nitrogens with zero attached hydrogens (tertiary/aromatic N) is 2. The number of aromatic nitrogens is 2. The molecule has 8 heteroatoms. The number of hydrogen-bond acceptors (Lipinski definition) is 6. The standard InChI is InChI=1S/C15H15ClN4O3/c1-9(10-4-2-3-5-11(10)16)20-12(21)8-23-15(22)13-14(17)19-7-6-18-13/h2-7,9H,8H2,1H3,(H2,17,19)(H,20,21)/t9-/m1/s1. The van der Waals surface area contributed by atoms with E-state index in [2.05, 4.69) is 15.3 Å². The van der Waals surface area contributed by atoms with E-state index in [-0.39, 0.29) is 17.6 Å². The third-order valence-corrected chi connectivity index (χ3v) is 3.35. The number of nitrogens with two attached hydrogens (primary N) is 1. The van der Waals surface area contributed by atoms with E-state index in [0.717, 1.165) is 5.56 Å². The van der Waals surface area contributed by atoms with Gasteiger partial charge in [0.25, 0.3) is 5.91 Å². The Morgan fingerprint density at radius 3 is 2.70 bits per heavy atom. The van der Waals surface area contributed by atoms with Crippen molar-refractivity contribution in [1.82, 2.24) is 15.3 Å². The van der Waals surface area contributed by atoms with Gasteiger partial charge in [0.15, 0.2) is 18.1 Å². The van der Waals surface area contributed by atoms with Gasteiger partial charge < -0.3 is 15.8 Å². The van der Waals surface area contributed by atoms with Crippen LogP contribution in [0.25, 0.3) is 0 Å². The molecule has 2 aromatic rings. The molecule has 1 atom stereocenters. The van der Waals surface area contributed by atoms with Gasteiger partial charge in [-0.15, -0.1) is 0 Å². The molecule has 1 aromatic heterocycles. The van der Waals surface area contributed by atoms with E-state index >= 15 is 0 Å². The van der Waals surface area contributed by atoms with Crippen molar-refractivity contribution in [2.45, 2.75) is 13.0 Å². The fourth-order valence-corrected chi connectivity index (χ4v) is 2.19. The normalized spacial score (nSPS) is 11.6. The summed E-state index contributed by atoms with van der Waals surface area (Å²) < 4.78 is 4.87. The molecule has 0 aliphatic heterocycles. The highest BCUT2D eigenvalue weighted by atomic mass is 35.5. The first-order chi connectivity index (χ1) is 11.0. The summed E-state index contributed by atoms with van der Waals surface area (Å²) in [5, 5.41) is 3.24. The molecule has 0 fully saturated rings. The molecule has 0 unspecified atom stereocenters. The van der Waals surface area contributed by atoms with Crippen LogP contribution in [0.15, 0.2) is 36.7 Å². The smallest absolute Gasteiger partial charge is 0.361 e. The zero-order chi connectivity index (χ0) is 16.8. The molecule has 0 aliphatic carbocycles. The predicted octanol–water partition coefficient (Wildman–Crippen LogP) is 1.75. The molecule has 1 amide bonds. The van der Waals surface area contributed by atoms with Crippen molar-refractivity contribution in [2.75, 3.05) is 12.3 Å². The maximum Gasteiger partial charge on any atom is 0.361 e. The average Bonchev–Trinajstić information content (AvgIpc) is 2.53. The van der Waals surface area contributed by atoms with Gasteiger partial charge in [0, 0.05) is 17.4 Å². The number of amides is 1. The lowest BCUT2D eigenvalue weighted by atomic mass is 10.1. The third kappa shape index (κ3) is 4.40. The molecule has 2 rings (SSSR count). The highest BCUT2D eigenvalue weighted by Crippen LogP contribution is 2.21. The van der Waals surface area contributed by atoms with Crippen molar-refractivity contribution >= 4 is 29.3 Å². The fraction of sp³-hybridized carbons (Fsp3) is 0.200. The van der Waals surface area contributed by atoms with Gasteiger partial charge in [-0.05, 0) is 18.6 Å². The van der Waals surface area contributed by atoms with Crippen LogP contribution in [0.4, 0.5) is 5.82 Å². The number of benzene rings is 1. The molecule has 0 aliphatic rings. The lowest BCUT2D eigenvalue weighted by Crippen LogP contribution is -2.31. The Hall–Kier alpha value is -2.67. The van der Waals surface area contributed by atoms with Gasteiger partial charge in [0.1, 0.15) is 0 Å². The van der Waals surface area contributed by atoms with Crippen LogP contribution in [-0.4, -0.2) is 28.5 Å². The minimum Gasteiger partial charge on any atom is -0.451 e. The molecule has 7 nitrogen and oxygen atoms in total. The van der Waals surface area contributed by atoms with Gasteiger partial charge in [-0.1, -0.05) is 29.8 Å². The van der Waals surface area contributed by atoms with Crippen molar-refractivity contribution < 1.29 is 14.3 Å². The number of nitrogens with one attached hydrogen (secondary N) is 1. The summed E-state index contributed by atoms with van der Waals surface area (Å²) in [7, 11) is 0. The Kier molecular flexibility index (Phi) is 5.48. The van der Waals surface area contributed by atoms with Crippen LogP contribution in [0.1, 0.15) is 29.0 Å². The fourth-order valence-electron chi connectivity index (χ4n) is 1.89. The largest absolute Gasteiger partial charge is 0.451 e. The van der Waals surface area contributed by atoms with Crippen molar-refractivity contribution in [2.24, 2.45) is 0 Å². The Bertz CT molecular complexity index is 723. The zero-order valence-corrected chi connectivity index (χ0v) is 13.1. The van der Waals surface area contributed by atoms with Crippen LogP contribution >= 0.6 is 11.6 Å². The van der Waals surface area contributed by atoms with E-state index in [9.17, 15) is 9.59 Å². The van der Waals surface area contributed by atoms with E-state index in [1.165, 1.54) is 12.4 Å². The van der Waals surface area contributed by atoms with E-state index in [4.69, 9.17) is 22.1 Å². The van der Waals surface area contributed by atoms with Crippen LogP contribution in [0.2, 0.25) is 5.02 Å². The highest BCUT2D eigenvalue weighted by molar-refractivity contribution is 6.31. The molecule has 1 aromatic carbocycles. The molecule has 0 bridgehead atoms. The van der Waals surface area contributed by atoms with E-state index in [1.807, 2.05) is 6.07 Å². The van der Waals surface area contributed by atoms with Gasteiger partial charge in [0.2, 0.25) is 0 Å². The predicted molar refractivity (Wildman–Crippen MR) is 84.7 cm³/mol. The van der Waals surface area contributed by atoms with Crippen molar-refractivity contribution in [3.8, 4) is 0 Å². The lowest BCUT2D eigenvalue weighted by molar-refractivity contribution is -0.124. The second kappa shape index (κ2) is 7.55. The summed E-state index contributed by atoms with van der Waals surface area (Å²) in [6, 6.07) is 6.83. The van der Waals surface area contributed by atoms with Gasteiger partial charge >= 0.3 is 5.97 Å². The van der Waals surface area contributed by atoms with E-state index in [0.29, 0.717) is 5.02 Å². The number of hydrogen-bond donors (Lipinski definition) is 2. The Balaban J connectivity index is 1.89.